The molecule has 0 saturated carbocycles. The third-order valence-corrected chi connectivity index (χ3v) is 3.87. The maximum Gasteiger partial charge on any atom is 0.130 e. The first kappa shape index (κ1) is 11.6. The third kappa shape index (κ3) is 1.86. The van der Waals surface area contributed by atoms with E-state index in [1.165, 1.54) is 12.8 Å². The average Bonchev–Trinajstić information content (AvgIpc) is 2.70. The summed E-state index contributed by atoms with van der Waals surface area (Å²) < 4.78 is 0. The number of likely N-dealkylation sites (tertiary alicyclic amines) is 1. The Balaban J connectivity index is 2.28. The van der Waals surface area contributed by atoms with E-state index in [2.05, 4.69) is 31.4 Å². The molecule has 0 radical (unpaired) electrons. The van der Waals surface area contributed by atoms with Crippen molar-refractivity contribution in [2.45, 2.75) is 32.7 Å². The summed E-state index contributed by atoms with van der Waals surface area (Å²) in [5.41, 5.74) is 1.17. The van der Waals surface area contributed by atoms with Crippen LogP contribution in [0, 0.1) is 11.3 Å². The molecule has 0 N–H and O–H groups in total. The third-order valence-electron chi connectivity index (χ3n) is 3.87. The molecular formula is C14H21NO. The molecule has 0 spiro atoms. The first-order chi connectivity index (χ1) is 7.56. The van der Waals surface area contributed by atoms with Gasteiger partial charge in [-0.3, -0.25) is 4.90 Å². The lowest BCUT2D eigenvalue weighted by atomic mass is 9.71. The van der Waals surface area contributed by atoms with Gasteiger partial charge < -0.3 is 4.79 Å². The molecule has 1 saturated heterocycles. The van der Waals surface area contributed by atoms with Gasteiger partial charge in [-0.25, -0.2) is 0 Å². The lowest BCUT2D eigenvalue weighted by molar-refractivity contribution is -0.109. The minimum absolute atomic E-state index is 0.0846. The molecule has 1 heterocycles. The molecule has 2 rings (SSSR count). The van der Waals surface area contributed by atoms with Gasteiger partial charge in [0.05, 0.1) is 5.92 Å². The van der Waals surface area contributed by atoms with Crippen molar-refractivity contribution in [1.82, 2.24) is 4.90 Å². The van der Waals surface area contributed by atoms with E-state index in [1.54, 1.807) is 0 Å². The molecule has 88 valence electrons. The molecule has 1 fully saturated rings. The van der Waals surface area contributed by atoms with Gasteiger partial charge in [-0.1, -0.05) is 32.6 Å². The molecule has 0 bridgehead atoms. The number of rotatable bonds is 2. The fourth-order valence-corrected chi connectivity index (χ4v) is 3.06. The first-order valence-electron chi connectivity index (χ1n) is 6.13. The molecule has 2 nitrogen and oxygen atoms in total. The molecule has 1 aliphatic heterocycles. The van der Waals surface area contributed by atoms with E-state index in [9.17, 15) is 4.79 Å². The van der Waals surface area contributed by atoms with E-state index in [0.29, 0.717) is 6.04 Å². The van der Waals surface area contributed by atoms with Crippen LogP contribution >= 0.6 is 0 Å². The Bertz CT molecular complexity index is 324. The minimum Gasteiger partial charge on any atom is -0.302 e. The highest BCUT2D eigenvalue weighted by Gasteiger charge is 2.39. The van der Waals surface area contributed by atoms with Crippen molar-refractivity contribution in [2.75, 3.05) is 13.1 Å². The summed E-state index contributed by atoms with van der Waals surface area (Å²) in [6.45, 7) is 10.9. The Hall–Kier alpha value is -0.890. The molecule has 0 aromatic rings. The van der Waals surface area contributed by atoms with Crippen molar-refractivity contribution >= 4 is 6.29 Å². The van der Waals surface area contributed by atoms with Gasteiger partial charge in [0, 0.05) is 11.5 Å². The van der Waals surface area contributed by atoms with Crippen LogP contribution in [0.2, 0.25) is 0 Å². The van der Waals surface area contributed by atoms with Crippen LogP contribution in [0.15, 0.2) is 24.3 Å². The molecule has 16 heavy (non-hydrogen) atoms. The van der Waals surface area contributed by atoms with Gasteiger partial charge in [0.15, 0.2) is 0 Å². The highest BCUT2D eigenvalue weighted by Crippen LogP contribution is 2.39. The van der Waals surface area contributed by atoms with Crippen molar-refractivity contribution < 1.29 is 4.79 Å². The molecule has 1 aliphatic carbocycles. The summed E-state index contributed by atoms with van der Waals surface area (Å²) in [4.78, 5) is 13.5. The van der Waals surface area contributed by atoms with E-state index in [0.717, 1.165) is 24.9 Å². The number of allylic oxidation sites excluding steroid dienone is 1. The Morgan fingerprint density at radius 2 is 2.06 bits per heavy atom. The van der Waals surface area contributed by atoms with E-state index in [4.69, 9.17) is 0 Å². The summed E-state index contributed by atoms with van der Waals surface area (Å²) >= 11 is 0. The van der Waals surface area contributed by atoms with E-state index in [1.807, 2.05) is 6.08 Å². The van der Waals surface area contributed by atoms with Gasteiger partial charge in [0.2, 0.25) is 0 Å². The number of aldehydes is 1. The van der Waals surface area contributed by atoms with E-state index in [-0.39, 0.29) is 11.3 Å². The van der Waals surface area contributed by atoms with Crippen LogP contribution in [-0.2, 0) is 4.79 Å². The molecule has 2 unspecified atom stereocenters. The Morgan fingerprint density at radius 1 is 1.44 bits per heavy atom. The number of carbonyl (C=O) groups excluding carboxylic acids is 1. The van der Waals surface area contributed by atoms with Gasteiger partial charge in [0.1, 0.15) is 6.29 Å². The molecule has 2 aliphatic rings. The van der Waals surface area contributed by atoms with Crippen LogP contribution in [-0.4, -0.2) is 30.3 Å². The second-order valence-corrected chi connectivity index (χ2v) is 5.56. The Kier molecular flexibility index (Phi) is 3.02. The van der Waals surface area contributed by atoms with Crippen molar-refractivity contribution in [2.24, 2.45) is 11.3 Å². The van der Waals surface area contributed by atoms with Gasteiger partial charge in [-0.2, -0.15) is 0 Å². The molecule has 0 amide bonds. The van der Waals surface area contributed by atoms with Gasteiger partial charge in [-0.15, -0.1) is 0 Å². The molecule has 2 atom stereocenters. The largest absolute Gasteiger partial charge is 0.302 e. The van der Waals surface area contributed by atoms with Crippen LogP contribution in [0.5, 0.6) is 0 Å². The molecule has 2 heteroatoms. The average molecular weight is 219 g/mol. The van der Waals surface area contributed by atoms with Gasteiger partial charge >= 0.3 is 0 Å². The predicted molar refractivity (Wildman–Crippen MR) is 66.2 cm³/mol. The van der Waals surface area contributed by atoms with Crippen LogP contribution in [0.25, 0.3) is 0 Å². The van der Waals surface area contributed by atoms with Crippen molar-refractivity contribution in [1.29, 1.82) is 0 Å². The molecule has 0 aromatic heterocycles. The van der Waals surface area contributed by atoms with E-state index < -0.39 is 0 Å². The van der Waals surface area contributed by atoms with Gasteiger partial charge in [0.25, 0.3) is 0 Å². The summed E-state index contributed by atoms with van der Waals surface area (Å²) in [5, 5.41) is 0. The Morgan fingerprint density at radius 3 is 2.62 bits per heavy atom. The molecular weight excluding hydrogens is 198 g/mol. The highest BCUT2D eigenvalue weighted by atomic mass is 16.1. The lowest BCUT2D eigenvalue weighted by Crippen LogP contribution is -2.47. The zero-order chi connectivity index (χ0) is 11.8. The number of hydrogen-bond donors (Lipinski definition) is 0. The van der Waals surface area contributed by atoms with Crippen LogP contribution in [0.1, 0.15) is 26.7 Å². The summed E-state index contributed by atoms with van der Waals surface area (Å²) in [5.74, 6) is -0.0846. The van der Waals surface area contributed by atoms with E-state index >= 15 is 0 Å². The topological polar surface area (TPSA) is 20.3 Å². The normalized spacial score (nSPS) is 34.2. The predicted octanol–water partition coefficient (Wildman–Crippen LogP) is 2.42. The van der Waals surface area contributed by atoms with Crippen molar-refractivity contribution in [3.05, 3.63) is 24.3 Å². The number of carbonyl (C=O) groups is 1. The van der Waals surface area contributed by atoms with Crippen LogP contribution in [0.4, 0.5) is 0 Å². The summed E-state index contributed by atoms with van der Waals surface area (Å²) in [6.07, 6.45) is 7.74. The second-order valence-electron chi connectivity index (χ2n) is 5.56. The number of nitrogens with zero attached hydrogens (tertiary/aromatic N) is 1. The fourth-order valence-electron chi connectivity index (χ4n) is 3.06. The minimum atomic E-state index is -0.0846. The first-order valence-corrected chi connectivity index (χ1v) is 6.13. The zero-order valence-corrected chi connectivity index (χ0v) is 10.3. The molecule has 0 aromatic carbocycles. The maximum atomic E-state index is 11.0. The SMILES string of the molecule is C=C1C(C=O)C=CC(C)(C)C1N1CCCC1. The monoisotopic (exact) mass is 219 g/mol. The highest BCUT2D eigenvalue weighted by molar-refractivity contribution is 5.63. The van der Waals surface area contributed by atoms with Crippen molar-refractivity contribution in [3.8, 4) is 0 Å². The fraction of sp³-hybridized carbons (Fsp3) is 0.643. The quantitative estimate of drug-likeness (QED) is 0.525. The lowest BCUT2D eigenvalue weighted by Gasteiger charge is -2.43. The summed E-state index contributed by atoms with van der Waals surface area (Å²) in [7, 11) is 0. The maximum absolute atomic E-state index is 11.0. The summed E-state index contributed by atoms with van der Waals surface area (Å²) in [6, 6.07) is 0.329. The van der Waals surface area contributed by atoms with Crippen LogP contribution in [0.3, 0.4) is 0 Å². The standard InChI is InChI=1S/C14H21NO/c1-11-12(10-16)6-7-14(2,3)13(11)15-8-4-5-9-15/h6-7,10,12-13H,1,4-5,8-9H2,2-3H3. The smallest absolute Gasteiger partial charge is 0.130 e. The second kappa shape index (κ2) is 4.17. The van der Waals surface area contributed by atoms with Gasteiger partial charge in [-0.05, 0) is 31.5 Å². The van der Waals surface area contributed by atoms with Crippen LogP contribution < -0.4 is 0 Å². The van der Waals surface area contributed by atoms with Crippen molar-refractivity contribution in [3.63, 3.8) is 0 Å². The Labute approximate surface area is 98.0 Å². The number of hydrogen-bond acceptors (Lipinski definition) is 2. The zero-order valence-electron chi connectivity index (χ0n) is 10.3.